The largest absolute Gasteiger partial charge is 0.426 e. The van der Waals surface area contributed by atoms with Crippen LogP contribution in [0.4, 0.5) is 0 Å². The van der Waals surface area contributed by atoms with E-state index < -0.39 is 11.4 Å². The minimum absolute atomic E-state index is 0.271. The normalized spacial score (nSPS) is 23.3. The van der Waals surface area contributed by atoms with Crippen LogP contribution in [0.2, 0.25) is 5.02 Å². The number of carbonyl (C=O) groups is 2. The fraction of sp³-hybridized carbons (Fsp3) is 0.385. The first-order valence-corrected chi connectivity index (χ1v) is 6.16. The molecule has 1 aliphatic heterocycles. The van der Waals surface area contributed by atoms with Crippen molar-refractivity contribution in [3.8, 4) is 5.75 Å². The summed E-state index contributed by atoms with van der Waals surface area (Å²) in [4.78, 5) is 23.8. The third-order valence-electron chi connectivity index (χ3n) is 3.11. The van der Waals surface area contributed by atoms with Crippen molar-refractivity contribution in [1.29, 1.82) is 0 Å². The van der Waals surface area contributed by atoms with E-state index in [2.05, 4.69) is 5.32 Å². The molecule has 0 bridgehead atoms. The molecule has 1 fully saturated rings. The minimum Gasteiger partial charge on any atom is -0.426 e. The number of benzene rings is 1. The van der Waals surface area contributed by atoms with E-state index in [0.29, 0.717) is 23.7 Å². The molecule has 0 spiro atoms. The van der Waals surface area contributed by atoms with Crippen LogP contribution in [0.1, 0.15) is 19.8 Å². The smallest absolute Gasteiger partial charge is 0.326 e. The lowest BCUT2D eigenvalue weighted by atomic mass is 9.82. The van der Waals surface area contributed by atoms with E-state index in [1.807, 2.05) is 0 Å². The molecule has 2 rings (SSSR count). The predicted molar refractivity (Wildman–Crippen MR) is 67.4 cm³/mol. The summed E-state index contributed by atoms with van der Waals surface area (Å²) < 4.78 is 5.22. The van der Waals surface area contributed by atoms with Gasteiger partial charge < -0.3 is 10.1 Å². The molecule has 5 heteroatoms. The van der Waals surface area contributed by atoms with Crippen LogP contribution in [0.15, 0.2) is 24.3 Å². The average molecular weight is 268 g/mol. The zero-order chi connectivity index (χ0) is 13.2. The van der Waals surface area contributed by atoms with Crippen LogP contribution in [0.5, 0.6) is 5.75 Å². The van der Waals surface area contributed by atoms with Crippen molar-refractivity contribution < 1.29 is 14.3 Å². The van der Waals surface area contributed by atoms with Gasteiger partial charge in [0.25, 0.3) is 0 Å². The Morgan fingerprint density at radius 2 is 2.06 bits per heavy atom. The van der Waals surface area contributed by atoms with Gasteiger partial charge in [0.1, 0.15) is 11.2 Å². The Kier molecular flexibility index (Phi) is 3.57. The average Bonchev–Trinajstić information content (AvgIpc) is 2.36. The highest BCUT2D eigenvalue weighted by Crippen LogP contribution is 2.29. The van der Waals surface area contributed by atoms with Crippen LogP contribution >= 0.6 is 11.6 Å². The van der Waals surface area contributed by atoms with Gasteiger partial charge in [0.05, 0.1) is 0 Å². The number of amides is 1. The van der Waals surface area contributed by atoms with Crippen molar-refractivity contribution in [2.45, 2.75) is 19.8 Å². The lowest BCUT2D eigenvalue weighted by Crippen LogP contribution is -2.50. The van der Waals surface area contributed by atoms with Crippen molar-refractivity contribution in [1.82, 2.24) is 5.32 Å². The van der Waals surface area contributed by atoms with E-state index in [0.717, 1.165) is 6.42 Å². The number of esters is 1. The van der Waals surface area contributed by atoms with Crippen LogP contribution in [0, 0.1) is 5.41 Å². The first kappa shape index (κ1) is 12.9. The van der Waals surface area contributed by atoms with Gasteiger partial charge in [0.2, 0.25) is 5.91 Å². The number of halogens is 1. The number of hydrogen-bond donors (Lipinski definition) is 1. The number of rotatable bonds is 2. The SMILES string of the molecule is CC1(C(=O)Oc2ccc(Cl)cc2)CCCNC1=O. The predicted octanol–water partition coefficient (Wildman–Crippen LogP) is 2.16. The van der Waals surface area contributed by atoms with Gasteiger partial charge in [-0.05, 0) is 44.0 Å². The maximum absolute atomic E-state index is 12.1. The monoisotopic (exact) mass is 267 g/mol. The summed E-state index contributed by atoms with van der Waals surface area (Å²) in [6.07, 6.45) is 1.28. The van der Waals surface area contributed by atoms with Crippen LogP contribution < -0.4 is 10.1 Å². The minimum atomic E-state index is -1.10. The van der Waals surface area contributed by atoms with E-state index in [1.54, 1.807) is 31.2 Å². The van der Waals surface area contributed by atoms with Crippen LogP contribution in [0.3, 0.4) is 0 Å². The van der Waals surface area contributed by atoms with Crippen LogP contribution in [-0.4, -0.2) is 18.4 Å². The van der Waals surface area contributed by atoms with Crippen molar-refractivity contribution in [3.63, 3.8) is 0 Å². The zero-order valence-corrected chi connectivity index (χ0v) is 10.8. The fourth-order valence-corrected chi connectivity index (χ4v) is 2.00. The number of ether oxygens (including phenoxy) is 1. The summed E-state index contributed by atoms with van der Waals surface area (Å²) in [5.74, 6) is -0.404. The molecule has 1 aromatic rings. The standard InChI is InChI=1S/C13H14ClNO3/c1-13(7-2-8-15-11(13)16)12(17)18-10-5-3-9(14)4-6-10/h3-6H,2,7-8H2,1H3,(H,15,16). The molecule has 1 unspecified atom stereocenters. The second-order valence-corrected chi connectivity index (χ2v) is 4.97. The van der Waals surface area contributed by atoms with Crippen LogP contribution in [0.25, 0.3) is 0 Å². The number of carbonyl (C=O) groups excluding carboxylic acids is 2. The zero-order valence-electron chi connectivity index (χ0n) is 10.0. The molecule has 0 aromatic heterocycles. The molecular formula is C13H14ClNO3. The molecule has 4 nitrogen and oxygen atoms in total. The molecule has 96 valence electrons. The van der Waals surface area contributed by atoms with Gasteiger partial charge in [-0.15, -0.1) is 0 Å². The molecular weight excluding hydrogens is 254 g/mol. The van der Waals surface area contributed by atoms with E-state index in [4.69, 9.17) is 16.3 Å². The highest BCUT2D eigenvalue weighted by molar-refractivity contribution is 6.30. The second kappa shape index (κ2) is 4.98. The Balaban J connectivity index is 2.11. The Labute approximate surface area is 110 Å². The van der Waals surface area contributed by atoms with Gasteiger partial charge in [0, 0.05) is 11.6 Å². The lowest BCUT2D eigenvalue weighted by molar-refractivity contribution is -0.154. The molecule has 1 amide bonds. The maximum Gasteiger partial charge on any atom is 0.326 e. The van der Waals surface area contributed by atoms with E-state index >= 15 is 0 Å². The third-order valence-corrected chi connectivity index (χ3v) is 3.37. The number of piperidine rings is 1. The summed E-state index contributed by atoms with van der Waals surface area (Å²) >= 11 is 5.74. The molecule has 0 saturated carbocycles. The molecule has 0 radical (unpaired) electrons. The van der Waals surface area contributed by atoms with E-state index in [9.17, 15) is 9.59 Å². The van der Waals surface area contributed by atoms with Crippen molar-refractivity contribution in [2.24, 2.45) is 5.41 Å². The summed E-state index contributed by atoms with van der Waals surface area (Å²) in [6.45, 7) is 2.22. The fourth-order valence-electron chi connectivity index (χ4n) is 1.87. The molecule has 1 saturated heterocycles. The lowest BCUT2D eigenvalue weighted by Gasteiger charge is -2.29. The van der Waals surface area contributed by atoms with Crippen LogP contribution in [-0.2, 0) is 9.59 Å². The Hall–Kier alpha value is -1.55. The van der Waals surface area contributed by atoms with Gasteiger partial charge in [-0.25, -0.2) is 0 Å². The van der Waals surface area contributed by atoms with Crippen molar-refractivity contribution >= 4 is 23.5 Å². The van der Waals surface area contributed by atoms with Gasteiger partial charge >= 0.3 is 5.97 Å². The molecule has 18 heavy (non-hydrogen) atoms. The summed E-state index contributed by atoms with van der Waals surface area (Å²) in [5.41, 5.74) is -1.10. The highest BCUT2D eigenvalue weighted by atomic mass is 35.5. The van der Waals surface area contributed by atoms with Gasteiger partial charge in [-0.2, -0.15) is 0 Å². The van der Waals surface area contributed by atoms with E-state index in [1.165, 1.54) is 0 Å². The molecule has 1 N–H and O–H groups in total. The third kappa shape index (κ3) is 2.48. The summed E-state index contributed by atoms with van der Waals surface area (Å²) in [6, 6.07) is 6.47. The van der Waals surface area contributed by atoms with Gasteiger partial charge in [0.15, 0.2) is 0 Å². The number of hydrogen-bond acceptors (Lipinski definition) is 3. The first-order valence-electron chi connectivity index (χ1n) is 5.78. The van der Waals surface area contributed by atoms with Gasteiger partial charge in [-0.3, -0.25) is 9.59 Å². The Bertz CT molecular complexity index is 472. The summed E-state index contributed by atoms with van der Waals surface area (Å²) in [7, 11) is 0. The Morgan fingerprint density at radius 1 is 1.39 bits per heavy atom. The molecule has 1 aromatic carbocycles. The van der Waals surface area contributed by atoms with Gasteiger partial charge in [-0.1, -0.05) is 11.6 Å². The number of nitrogens with one attached hydrogen (secondary N) is 1. The highest BCUT2D eigenvalue weighted by Gasteiger charge is 2.44. The molecule has 1 atom stereocenters. The topological polar surface area (TPSA) is 55.4 Å². The molecule has 1 aliphatic rings. The second-order valence-electron chi connectivity index (χ2n) is 4.54. The molecule has 1 heterocycles. The van der Waals surface area contributed by atoms with Crippen molar-refractivity contribution in [3.05, 3.63) is 29.3 Å². The first-order chi connectivity index (χ1) is 8.52. The maximum atomic E-state index is 12.1. The quantitative estimate of drug-likeness (QED) is 0.508. The summed E-state index contributed by atoms with van der Waals surface area (Å²) in [5, 5.41) is 3.25. The Morgan fingerprint density at radius 3 is 2.67 bits per heavy atom. The molecule has 0 aliphatic carbocycles. The van der Waals surface area contributed by atoms with E-state index in [-0.39, 0.29) is 5.91 Å². The van der Waals surface area contributed by atoms with Crippen molar-refractivity contribution in [2.75, 3.05) is 6.54 Å².